The molecule has 1 aromatic rings. The number of hydrogen-bond acceptors (Lipinski definition) is 4. The second-order valence-corrected chi connectivity index (χ2v) is 4.15. The molecule has 1 amide bonds. The molecule has 0 aliphatic heterocycles. The molecule has 2 N–H and O–H groups in total. The number of aryl methyl sites for hydroxylation is 1. The van der Waals surface area contributed by atoms with Crippen LogP contribution in [0.2, 0.25) is 0 Å². The molecule has 0 aromatic carbocycles. The number of carbonyl (C=O) groups excluding carboxylic acids is 1. The summed E-state index contributed by atoms with van der Waals surface area (Å²) >= 11 is 0. The lowest BCUT2D eigenvalue weighted by Gasteiger charge is -2.20. The number of hydrogen-bond donors (Lipinski definition) is 2. The number of amides is 1. The van der Waals surface area contributed by atoms with Gasteiger partial charge in [-0.05, 0) is 13.8 Å². The van der Waals surface area contributed by atoms with Gasteiger partial charge in [0.25, 0.3) is 5.56 Å². The number of H-pyrrole nitrogens is 1. The maximum atomic E-state index is 11.9. The van der Waals surface area contributed by atoms with Crippen LogP contribution >= 0.6 is 0 Å². The first kappa shape index (κ1) is 14.2. The van der Waals surface area contributed by atoms with Crippen molar-refractivity contribution in [2.75, 3.05) is 18.9 Å². The summed E-state index contributed by atoms with van der Waals surface area (Å²) in [4.78, 5) is 31.7. The SMILES string of the molecule is CCc1nc(NC(C)C(=O)N(C)CC)cc(=O)[nH]1. The Morgan fingerprint density at radius 3 is 2.78 bits per heavy atom. The fraction of sp³-hybridized carbons (Fsp3) is 0.583. The van der Waals surface area contributed by atoms with Gasteiger partial charge in [-0.3, -0.25) is 9.59 Å². The lowest BCUT2D eigenvalue weighted by Crippen LogP contribution is -2.39. The number of anilines is 1. The third-order valence-corrected chi connectivity index (χ3v) is 2.71. The molecule has 0 bridgehead atoms. The van der Waals surface area contributed by atoms with E-state index < -0.39 is 6.04 Å². The molecule has 0 saturated heterocycles. The summed E-state index contributed by atoms with van der Waals surface area (Å²) < 4.78 is 0. The van der Waals surface area contributed by atoms with E-state index in [0.717, 1.165) is 0 Å². The Bertz CT molecular complexity index is 469. The fourth-order valence-electron chi connectivity index (χ4n) is 1.52. The smallest absolute Gasteiger partial charge is 0.252 e. The van der Waals surface area contributed by atoms with Crippen LogP contribution in [0, 0.1) is 0 Å². The van der Waals surface area contributed by atoms with Crippen molar-refractivity contribution >= 4 is 11.7 Å². The van der Waals surface area contributed by atoms with Gasteiger partial charge in [0, 0.05) is 26.1 Å². The van der Waals surface area contributed by atoms with Gasteiger partial charge in [0.1, 0.15) is 17.7 Å². The highest BCUT2D eigenvalue weighted by atomic mass is 16.2. The molecule has 0 saturated carbocycles. The molecule has 1 atom stereocenters. The zero-order valence-corrected chi connectivity index (χ0v) is 11.3. The van der Waals surface area contributed by atoms with E-state index in [-0.39, 0.29) is 11.5 Å². The van der Waals surface area contributed by atoms with Gasteiger partial charge in [-0.25, -0.2) is 4.98 Å². The van der Waals surface area contributed by atoms with Crippen LogP contribution in [0.15, 0.2) is 10.9 Å². The predicted octanol–water partition coefficient (Wildman–Crippen LogP) is 0.611. The van der Waals surface area contributed by atoms with E-state index >= 15 is 0 Å². The second kappa shape index (κ2) is 6.18. The van der Waals surface area contributed by atoms with Crippen LogP contribution in [0.1, 0.15) is 26.6 Å². The van der Waals surface area contributed by atoms with Gasteiger partial charge in [-0.15, -0.1) is 0 Å². The molecule has 1 aromatic heterocycles. The van der Waals surface area contributed by atoms with Crippen LogP contribution in [-0.2, 0) is 11.2 Å². The highest BCUT2D eigenvalue weighted by molar-refractivity contribution is 5.83. The highest BCUT2D eigenvalue weighted by Crippen LogP contribution is 2.04. The third kappa shape index (κ3) is 3.58. The van der Waals surface area contributed by atoms with Crippen LogP contribution < -0.4 is 10.9 Å². The molecule has 100 valence electrons. The molecule has 1 rings (SSSR count). The first-order valence-electron chi connectivity index (χ1n) is 6.09. The minimum atomic E-state index is -0.408. The number of aromatic amines is 1. The molecule has 1 heterocycles. The number of likely N-dealkylation sites (N-methyl/N-ethyl adjacent to an activating group) is 1. The average molecular weight is 252 g/mol. The quantitative estimate of drug-likeness (QED) is 0.805. The summed E-state index contributed by atoms with van der Waals surface area (Å²) in [5.41, 5.74) is -0.215. The lowest BCUT2D eigenvalue weighted by molar-refractivity contribution is -0.130. The maximum Gasteiger partial charge on any atom is 0.252 e. The molecule has 0 radical (unpaired) electrons. The van der Waals surface area contributed by atoms with Gasteiger partial charge in [-0.1, -0.05) is 6.92 Å². The highest BCUT2D eigenvalue weighted by Gasteiger charge is 2.16. The van der Waals surface area contributed by atoms with Crippen molar-refractivity contribution in [2.24, 2.45) is 0 Å². The van der Waals surface area contributed by atoms with Crippen molar-refractivity contribution in [1.82, 2.24) is 14.9 Å². The Labute approximate surface area is 106 Å². The minimum absolute atomic E-state index is 0.0300. The number of rotatable bonds is 5. The molecule has 0 aliphatic carbocycles. The third-order valence-electron chi connectivity index (χ3n) is 2.71. The van der Waals surface area contributed by atoms with Gasteiger partial charge in [0.05, 0.1) is 0 Å². The maximum absolute atomic E-state index is 11.9. The Kier molecular flexibility index (Phi) is 4.88. The van der Waals surface area contributed by atoms with E-state index in [2.05, 4.69) is 15.3 Å². The van der Waals surface area contributed by atoms with Gasteiger partial charge in [0.2, 0.25) is 5.91 Å². The molecule has 0 aliphatic rings. The zero-order chi connectivity index (χ0) is 13.7. The Hall–Kier alpha value is -1.85. The zero-order valence-electron chi connectivity index (χ0n) is 11.3. The van der Waals surface area contributed by atoms with E-state index in [1.54, 1.807) is 18.9 Å². The Balaban J connectivity index is 2.81. The van der Waals surface area contributed by atoms with E-state index in [0.29, 0.717) is 24.6 Å². The first-order chi connectivity index (χ1) is 8.47. The van der Waals surface area contributed by atoms with Crippen LogP contribution in [0.3, 0.4) is 0 Å². The molecule has 0 spiro atoms. The Morgan fingerprint density at radius 2 is 2.22 bits per heavy atom. The van der Waals surface area contributed by atoms with Gasteiger partial charge < -0.3 is 15.2 Å². The summed E-state index contributed by atoms with van der Waals surface area (Å²) in [6, 6.07) is 0.948. The molecule has 1 unspecified atom stereocenters. The first-order valence-corrected chi connectivity index (χ1v) is 6.09. The predicted molar refractivity (Wildman–Crippen MR) is 70.6 cm³/mol. The molecule has 6 heteroatoms. The van der Waals surface area contributed by atoms with Crippen LogP contribution in [0.25, 0.3) is 0 Å². The average Bonchev–Trinajstić information content (AvgIpc) is 2.35. The summed E-state index contributed by atoms with van der Waals surface area (Å²) in [5.74, 6) is 1.01. The summed E-state index contributed by atoms with van der Waals surface area (Å²) in [6.45, 7) is 6.21. The molecular weight excluding hydrogens is 232 g/mol. The monoisotopic (exact) mass is 252 g/mol. The number of nitrogens with zero attached hydrogens (tertiary/aromatic N) is 2. The Morgan fingerprint density at radius 1 is 1.56 bits per heavy atom. The van der Waals surface area contributed by atoms with Gasteiger partial charge >= 0.3 is 0 Å². The number of aromatic nitrogens is 2. The molecule has 0 fully saturated rings. The van der Waals surface area contributed by atoms with Crippen molar-refractivity contribution in [2.45, 2.75) is 33.2 Å². The molecule has 18 heavy (non-hydrogen) atoms. The van der Waals surface area contributed by atoms with Crippen molar-refractivity contribution in [3.8, 4) is 0 Å². The van der Waals surface area contributed by atoms with Crippen molar-refractivity contribution in [3.63, 3.8) is 0 Å². The summed E-state index contributed by atoms with van der Waals surface area (Å²) in [6.07, 6.45) is 0.641. The van der Waals surface area contributed by atoms with E-state index in [1.165, 1.54) is 6.07 Å². The van der Waals surface area contributed by atoms with E-state index in [9.17, 15) is 9.59 Å². The summed E-state index contributed by atoms with van der Waals surface area (Å²) in [5, 5.41) is 2.95. The van der Waals surface area contributed by atoms with Crippen LogP contribution in [0.5, 0.6) is 0 Å². The van der Waals surface area contributed by atoms with Crippen molar-refractivity contribution < 1.29 is 4.79 Å². The van der Waals surface area contributed by atoms with Crippen molar-refractivity contribution in [3.05, 3.63) is 22.2 Å². The van der Waals surface area contributed by atoms with E-state index in [4.69, 9.17) is 0 Å². The van der Waals surface area contributed by atoms with E-state index in [1.807, 2.05) is 13.8 Å². The number of nitrogens with one attached hydrogen (secondary N) is 2. The molecule has 6 nitrogen and oxygen atoms in total. The largest absolute Gasteiger partial charge is 0.358 e. The lowest BCUT2D eigenvalue weighted by atomic mass is 10.3. The van der Waals surface area contributed by atoms with Crippen LogP contribution in [0.4, 0.5) is 5.82 Å². The number of carbonyl (C=O) groups is 1. The standard InChI is InChI=1S/C12H20N4O2/c1-5-9-14-10(7-11(17)15-9)13-8(3)12(18)16(4)6-2/h7-8H,5-6H2,1-4H3,(H2,13,14,15,17). The normalized spacial score (nSPS) is 12.0. The topological polar surface area (TPSA) is 78.1 Å². The van der Waals surface area contributed by atoms with Gasteiger partial charge in [0.15, 0.2) is 0 Å². The second-order valence-electron chi connectivity index (χ2n) is 4.15. The minimum Gasteiger partial charge on any atom is -0.358 e. The molecular formula is C12H20N4O2. The van der Waals surface area contributed by atoms with Crippen LogP contribution in [-0.4, -0.2) is 40.4 Å². The van der Waals surface area contributed by atoms with Gasteiger partial charge in [-0.2, -0.15) is 0 Å². The fourth-order valence-corrected chi connectivity index (χ4v) is 1.52. The van der Waals surface area contributed by atoms with Crippen molar-refractivity contribution in [1.29, 1.82) is 0 Å². The summed E-state index contributed by atoms with van der Waals surface area (Å²) in [7, 11) is 1.74.